The Balaban J connectivity index is 1.63. The van der Waals surface area contributed by atoms with Crippen LogP contribution in [0.4, 0.5) is 0 Å². The lowest BCUT2D eigenvalue weighted by Gasteiger charge is -2.15. The quantitative estimate of drug-likeness (QED) is 0.196. The van der Waals surface area contributed by atoms with Crippen molar-refractivity contribution in [2.24, 2.45) is 0 Å². The van der Waals surface area contributed by atoms with Crippen molar-refractivity contribution in [2.75, 3.05) is 0 Å². The molecule has 0 aliphatic carbocycles. The molecule has 0 nitrogen and oxygen atoms in total. The van der Waals surface area contributed by atoms with Gasteiger partial charge in [0, 0.05) is 0 Å². The molecule has 0 aliphatic heterocycles. The molecule has 0 spiro atoms. The zero-order valence-corrected chi connectivity index (χ0v) is 22.9. The molecule has 10 aromatic carbocycles. The minimum absolute atomic E-state index is 1.27. The van der Waals surface area contributed by atoms with Gasteiger partial charge in [-0.1, -0.05) is 140 Å². The SMILES string of the molecule is c1ccc(-c2c3c4cccc5cccc(c3c(-c3ccccc3)c3c6cc7ccccc7c7cccc(c23)c76)c54)cc1. The summed E-state index contributed by atoms with van der Waals surface area (Å²) in [6.45, 7) is 0. The molecule has 0 saturated heterocycles. The second kappa shape index (κ2) is 8.06. The minimum Gasteiger partial charge on any atom is -0.0622 e. The first kappa shape index (κ1) is 22.3. The lowest BCUT2D eigenvalue weighted by atomic mass is 9.87. The van der Waals surface area contributed by atoms with E-state index in [0.29, 0.717) is 0 Å². The van der Waals surface area contributed by atoms with E-state index >= 15 is 0 Å². The maximum atomic E-state index is 2.45. The Hall–Kier alpha value is -5.46. The summed E-state index contributed by atoms with van der Waals surface area (Å²) in [5.74, 6) is 0. The molecule has 192 valence electrons. The van der Waals surface area contributed by atoms with Gasteiger partial charge in [0.25, 0.3) is 0 Å². The third kappa shape index (κ3) is 2.72. The summed E-state index contributed by atoms with van der Waals surface area (Å²) >= 11 is 0. The Labute approximate surface area is 242 Å². The molecule has 0 amide bonds. The Morgan fingerprint density at radius 2 is 0.667 bits per heavy atom. The molecule has 0 heteroatoms. The van der Waals surface area contributed by atoms with Crippen LogP contribution < -0.4 is 0 Å². The van der Waals surface area contributed by atoms with E-state index in [-0.39, 0.29) is 0 Å². The molecule has 0 bridgehead atoms. The van der Waals surface area contributed by atoms with Crippen molar-refractivity contribution < 1.29 is 0 Å². The number of benzene rings is 8. The second-order valence-corrected chi connectivity index (χ2v) is 11.6. The van der Waals surface area contributed by atoms with Crippen LogP contribution in [0.1, 0.15) is 0 Å². The van der Waals surface area contributed by atoms with Gasteiger partial charge in [-0.2, -0.15) is 0 Å². The zero-order valence-electron chi connectivity index (χ0n) is 22.9. The Kier molecular flexibility index (Phi) is 4.27. The van der Waals surface area contributed by atoms with Gasteiger partial charge in [-0.3, -0.25) is 0 Å². The topological polar surface area (TPSA) is 0 Å². The van der Waals surface area contributed by atoms with E-state index in [0.717, 1.165) is 0 Å². The van der Waals surface area contributed by atoms with Gasteiger partial charge in [-0.15, -0.1) is 0 Å². The normalized spacial score (nSPS) is 12.3. The average Bonchev–Trinajstić information content (AvgIpc) is 3.56. The smallest absolute Gasteiger partial charge is 0.000696 e. The van der Waals surface area contributed by atoms with E-state index in [2.05, 4.69) is 146 Å². The van der Waals surface area contributed by atoms with Crippen LogP contribution in [-0.2, 0) is 0 Å². The first-order valence-corrected chi connectivity index (χ1v) is 14.7. The highest BCUT2D eigenvalue weighted by Gasteiger charge is 2.27. The van der Waals surface area contributed by atoms with Gasteiger partial charge in [0.2, 0.25) is 0 Å². The van der Waals surface area contributed by atoms with Gasteiger partial charge in [0.15, 0.2) is 0 Å². The molecule has 0 aromatic heterocycles. The van der Waals surface area contributed by atoms with Gasteiger partial charge in [-0.05, 0) is 104 Å². The van der Waals surface area contributed by atoms with Crippen molar-refractivity contribution >= 4 is 75.4 Å². The average molecular weight is 529 g/mol. The number of hydrogen-bond donors (Lipinski definition) is 0. The van der Waals surface area contributed by atoms with E-state index in [4.69, 9.17) is 0 Å². The van der Waals surface area contributed by atoms with E-state index in [1.54, 1.807) is 0 Å². The van der Waals surface area contributed by atoms with Crippen LogP contribution in [0.2, 0.25) is 0 Å². The molecule has 0 heterocycles. The standard InChI is InChI=1S/C42H24/c1-3-12-26(13-4-1)36-39-31-21-9-17-25-18-10-22-32(35(25)31)40(39)37(27-14-5-2-6-15-27)42-34-24-28-16-7-8-19-29(28)30-20-11-23-33(38(30)34)41(36)42/h1-24H. The maximum absolute atomic E-state index is 2.45. The lowest BCUT2D eigenvalue weighted by Crippen LogP contribution is -1.87. The molecule has 0 N–H and O–H groups in total. The summed E-state index contributed by atoms with van der Waals surface area (Å²) in [6.07, 6.45) is 0. The van der Waals surface area contributed by atoms with E-state index in [9.17, 15) is 0 Å². The Morgan fingerprint density at radius 1 is 0.238 bits per heavy atom. The fourth-order valence-corrected chi connectivity index (χ4v) is 7.94. The third-order valence-electron chi connectivity index (χ3n) is 9.49. The molecular formula is C42H24. The summed E-state index contributed by atoms with van der Waals surface area (Å²) in [5, 5.41) is 18.8. The predicted molar refractivity (Wildman–Crippen MR) is 182 cm³/mol. The fourth-order valence-electron chi connectivity index (χ4n) is 7.94. The van der Waals surface area contributed by atoms with Crippen LogP contribution in [0, 0.1) is 0 Å². The lowest BCUT2D eigenvalue weighted by molar-refractivity contribution is 1.68. The molecule has 0 radical (unpaired) electrons. The Morgan fingerprint density at radius 3 is 1.29 bits per heavy atom. The molecule has 0 saturated carbocycles. The first-order chi connectivity index (χ1) is 20.9. The molecule has 0 fully saturated rings. The predicted octanol–water partition coefficient (Wildman–Crippen LogP) is 12.0. The van der Waals surface area contributed by atoms with Crippen molar-refractivity contribution in [2.45, 2.75) is 0 Å². The summed E-state index contributed by atoms with van der Waals surface area (Å²) in [6, 6.07) is 54.0. The monoisotopic (exact) mass is 528 g/mol. The van der Waals surface area contributed by atoms with Gasteiger partial charge in [-0.25, -0.2) is 0 Å². The van der Waals surface area contributed by atoms with Crippen molar-refractivity contribution in [3.8, 4) is 22.3 Å². The second-order valence-electron chi connectivity index (χ2n) is 11.6. The molecule has 10 rings (SSSR count). The number of hydrogen-bond acceptors (Lipinski definition) is 0. The van der Waals surface area contributed by atoms with Crippen molar-refractivity contribution in [1.82, 2.24) is 0 Å². The molecule has 0 unspecified atom stereocenters. The molecule has 0 aliphatic rings. The van der Waals surface area contributed by atoms with Crippen LogP contribution >= 0.6 is 0 Å². The van der Waals surface area contributed by atoms with Gasteiger partial charge < -0.3 is 0 Å². The van der Waals surface area contributed by atoms with Crippen LogP contribution in [0.3, 0.4) is 0 Å². The van der Waals surface area contributed by atoms with Crippen molar-refractivity contribution in [3.05, 3.63) is 146 Å². The van der Waals surface area contributed by atoms with E-state index < -0.39 is 0 Å². The number of fused-ring (bicyclic) bond motifs is 8. The van der Waals surface area contributed by atoms with E-state index in [1.165, 1.54) is 97.7 Å². The zero-order chi connectivity index (χ0) is 27.4. The van der Waals surface area contributed by atoms with E-state index in [1.807, 2.05) is 0 Å². The molecular weight excluding hydrogens is 504 g/mol. The molecule has 10 aromatic rings. The minimum atomic E-state index is 1.27. The van der Waals surface area contributed by atoms with Crippen LogP contribution in [0.25, 0.3) is 97.7 Å². The highest BCUT2D eigenvalue weighted by atomic mass is 14.3. The maximum Gasteiger partial charge on any atom is -0.000696 e. The van der Waals surface area contributed by atoms with Gasteiger partial charge in [0.1, 0.15) is 0 Å². The van der Waals surface area contributed by atoms with Gasteiger partial charge in [0.05, 0.1) is 0 Å². The van der Waals surface area contributed by atoms with Crippen LogP contribution in [-0.4, -0.2) is 0 Å². The van der Waals surface area contributed by atoms with Crippen molar-refractivity contribution in [3.63, 3.8) is 0 Å². The molecule has 42 heavy (non-hydrogen) atoms. The highest BCUT2D eigenvalue weighted by molar-refractivity contribution is 6.47. The third-order valence-corrected chi connectivity index (χ3v) is 9.49. The first-order valence-electron chi connectivity index (χ1n) is 14.7. The number of rotatable bonds is 2. The summed E-state index contributed by atoms with van der Waals surface area (Å²) in [5.41, 5.74) is 5.22. The summed E-state index contributed by atoms with van der Waals surface area (Å²) in [4.78, 5) is 0. The van der Waals surface area contributed by atoms with Crippen molar-refractivity contribution in [1.29, 1.82) is 0 Å². The van der Waals surface area contributed by atoms with Crippen LogP contribution in [0.5, 0.6) is 0 Å². The highest BCUT2D eigenvalue weighted by Crippen LogP contribution is 2.55. The van der Waals surface area contributed by atoms with Crippen LogP contribution in [0.15, 0.2) is 146 Å². The largest absolute Gasteiger partial charge is 0.0622 e. The fraction of sp³-hybridized carbons (Fsp3) is 0. The summed E-state index contributed by atoms with van der Waals surface area (Å²) in [7, 11) is 0. The molecule has 0 atom stereocenters. The van der Waals surface area contributed by atoms with Gasteiger partial charge >= 0.3 is 0 Å². The summed E-state index contributed by atoms with van der Waals surface area (Å²) < 4.78 is 0. The Bertz CT molecular complexity index is 2640.